The van der Waals surface area contributed by atoms with Gasteiger partial charge in [-0.15, -0.1) is 11.8 Å². The maximum atomic E-state index is 12.1. The molecule has 116 valence electrons. The van der Waals surface area contributed by atoms with E-state index >= 15 is 0 Å². The number of quaternary nitrogens is 1. The van der Waals surface area contributed by atoms with Crippen molar-refractivity contribution in [3.05, 3.63) is 58.6 Å². The number of thioether (sulfide) groups is 1. The van der Waals surface area contributed by atoms with E-state index in [1.165, 1.54) is 10.5 Å². The number of rotatable bonds is 6. The van der Waals surface area contributed by atoms with Crippen molar-refractivity contribution in [3.63, 3.8) is 0 Å². The van der Waals surface area contributed by atoms with Crippen molar-refractivity contribution in [2.75, 3.05) is 25.2 Å². The van der Waals surface area contributed by atoms with E-state index in [0.717, 1.165) is 21.6 Å². The largest absolute Gasteiger partial charge is 0.326 e. The third-order valence-corrected chi connectivity index (χ3v) is 4.47. The van der Waals surface area contributed by atoms with Gasteiger partial charge in [0.1, 0.15) is 6.54 Å². The molecule has 2 rings (SSSR count). The van der Waals surface area contributed by atoms with Crippen LogP contribution in [0.5, 0.6) is 0 Å². The molecule has 1 amide bonds. The average molecular weight is 380 g/mol. The van der Waals surface area contributed by atoms with Gasteiger partial charge in [-0.3, -0.25) is 4.79 Å². The van der Waals surface area contributed by atoms with E-state index in [2.05, 4.69) is 51.8 Å². The van der Waals surface area contributed by atoms with Crippen molar-refractivity contribution in [3.8, 4) is 0 Å². The molecule has 1 atom stereocenters. The summed E-state index contributed by atoms with van der Waals surface area (Å²) in [5.74, 6) is 0.0244. The third-order valence-electron chi connectivity index (χ3n) is 3.24. The number of hydrogen-bond acceptors (Lipinski definition) is 2. The second-order valence-electron chi connectivity index (χ2n) is 5.22. The number of hydrogen-bond donors (Lipinski definition) is 2. The van der Waals surface area contributed by atoms with E-state index in [4.69, 9.17) is 0 Å². The number of carbonyl (C=O) groups excluding carboxylic acids is 1. The zero-order chi connectivity index (χ0) is 15.9. The lowest BCUT2D eigenvalue weighted by molar-refractivity contribution is -0.885. The molecule has 0 aromatic heterocycles. The van der Waals surface area contributed by atoms with Crippen LogP contribution >= 0.6 is 27.7 Å². The van der Waals surface area contributed by atoms with Crippen molar-refractivity contribution < 1.29 is 9.69 Å². The predicted octanol–water partition coefficient (Wildman–Crippen LogP) is 2.82. The predicted molar refractivity (Wildman–Crippen MR) is 96.5 cm³/mol. The Morgan fingerprint density at radius 2 is 1.95 bits per heavy atom. The van der Waals surface area contributed by atoms with E-state index < -0.39 is 0 Å². The molecule has 2 aromatic carbocycles. The SMILES string of the molecule is CSc1ccc(C[NH+](C)CC(=O)Nc2cccc(Br)c2)cc1. The van der Waals surface area contributed by atoms with Crippen molar-refractivity contribution in [2.24, 2.45) is 0 Å². The normalized spacial score (nSPS) is 12.0. The van der Waals surface area contributed by atoms with Crippen LogP contribution in [0, 0.1) is 0 Å². The molecule has 0 spiro atoms. The Morgan fingerprint density at radius 1 is 1.23 bits per heavy atom. The van der Waals surface area contributed by atoms with Gasteiger partial charge in [-0.1, -0.05) is 34.1 Å². The zero-order valence-electron chi connectivity index (χ0n) is 12.7. The standard InChI is InChI=1S/C17H19BrN2OS/c1-20(11-13-6-8-16(22-2)9-7-13)12-17(21)19-15-5-3-4-14(18)10-15/h3-10H,11-12H2,1-2H3,(H,19,21)/p+1. The Kier molecular flexibility index (Phi) is 6.49. The molecular weight excluding hydrogens is 360 g/mol. The van der Waals surface area contributed by atoms with Crippen molar-refractivity contribution in [1.82, 2.24) is 0 Å². The van der Waals surface area contributed by atoms with E-state index in [-0.39, 0.29) is 5.91 Å². The van der Waals surface area contributed by atoms with E-state index in [1.807, 2.05) is 31.3 Å². The summed E-state index contributed by atoms with van der Waals surface area (Å²) in [5, 5.41) is 2.92. The molecule has 0 radical (unpaired) electrons. The highest BCUT2D eigenvalue weighted by Gasteiger charge is 2.11. The fourth-order valence-electron chi connectivity index (χ4n) is 2.20. The number of halogens is 1. The van der Waals surface area contributed by atoms with Gasteiger partial charge in [-0.25, -0.2) is 0 Å². The number of carbonyl (C=O) groups is 1. The zero-order valence-corrected chi connectivity index (χ0v) is 15.1. The topological polar surface area (TPSA) is 33.5 Å². The first-order valence-electron chi connectivity index (χ1n) is 7.06. The minimum absolute atomic E-state index is 0.0244. The Morgan fingerprint density at radius 3 is 2.59 bits per heavy atom. The first-order valence-corrected chi connectivity index (χ1v) is 9.08. The minimum atomic E-state index is 0.0244. The number of amides is 1. The van der Waals surface area contributed by atoms with Crippen LogP contribution in [0.3, 0.4) is 0 Å². The second-order valence-corrected chi connectivity index (χ2v) is 7.01. The average Bonchev–Trinajstić information content (AvgIpc) is 2.47. The van der Waals surface area contributed by atoms with Gasteiger partial charge < -0.3 is 10.2 Å². The molecule has 5 heteroatoms. The highest BCUT2D eigenvalue weighted by molar-refractivity contribution is 9.10. The van der Waals surface area contributed by atoms with Crippen molar-refractivity contribution in [1.29, 1.82) is 0 Å². The Bertz CT molecular complexity index is 631. The van der Waals surface area contributed by atoms with Gasteiger partial charge in [0.2, 0.25) is 0 Å². The summed E-state index contributed by atoms with van der Waals surface area (Å²) in [4.78, 5) is 14.5. The molecule has 0 saturated heterocycles. The molecule has 1 unspecified atom stereocenters. The molecule has 0 fully saturated rings. The van der Waals surface area contributed by atoms with Gasteiger partial charge in [0.05, 0.1) is 7.05 Å². The summed E-state index contributed by atoms with van der Waals surface area (Å²) in [5.41, 5.74) is 2.06. The fraction of sp³-hybridized carbons (Fsp3) is 0.235. The van der Waals surface area contributed by atoms with E-state index in [0.29, 0.717) is 6.54 Å². The van der Waals surface area contributed by atoms with Gasteiger partial charge in [0.15, 0.2) is 6.54 Å². The molecule has 0 aliphatic carbocycles. The van der Waals surface area contributed by atoms with Gasteiger partial charge in [0.25, 0.3) is 5.91 Å². The monoisotopic (exact) mass is 379 g/mol. The van der Waals surface area contributed by atoms with Crippen LogP contribution in [-0.2, 0) is 11.3 Å². The van der Waals surface area contributed by atoms with Gasteiger partial charge in [-0.05, 0) is 36.6 Å². The quantitative estimate of drug-likeness (QED) is 0.756. The van der Waals surface area contributed by atoms with E-state index in [9.17, 15) is 4.79 Å². The minimum Gasteiger partial charge on any atom is -0.326 e. The van der Waals surface area contributed by atoms with Crippen LogP contribution in [0.1, 0.15) is 5.56 Å². The molecular formula is C17H20BrN2OS+. The number of benzene rings is 2. The summed E-state index contributed by atoms with van der Waals surface area (Å²) in [6.07, 6.45) is 2.07. The van der Waals surface area contributed by atoms with Crippen LogP contribution in [0.2, 0.25) is 0 Å². The molecule has 0 saturated carbocycles. The fourth-order valence-corrected chi connectivity index (χ4v) is 3.01. The maximum Gasteiger partial charge on any atom is 0.279 e. The lowest BCUT2D eigenvalue weighted by atomic mass is 10.2. The molecule has 0 aliphatic heterocycles. The lowest BCUT2D eigenvalue weighted by Crippen LogP contribution is -3.08. The summed E-state index contributed by atoms with van der Waals surface area (Å²) in [6.45, 7) is 1.28. The van der Waals surface area contributed by atoms with Gasteiger partial charge in [-0.2, -0.15) is 0 Å². The van der Waals surface area contributed by atoms with Crippen LogP contribution in [-0.4, -0.2) is 25.8 Å². The highest BCUT2D eigenvalue weighted by atomic mass is 79.9. The molecule has 3 nitrogen and oxygen atoms in total. The molecule has 0 aliphatic rings. The maximum absolute atomic E-state index is 12.1. The smallest absolute Gasteiger partial charge is 0.279 e. The molecule has 0 heterocycles. The van der Waals surface area contributed by atoms with Crippen LogP contribution in [0.25, 0.3) is 0 Å². The highest BCUT2D eigenvalue weighted by Crippen LogP contribution is 2.15. The molecule has 22 heavy (non-hydrogen) atoms. The second kappa shape index (κ2) is 8.36. The summed E-state index contributed by atoms with van der Waals surface area (Å²) < 4.78 is 0.958. The first kappa shape index (κ1) is 17.1. The molecule has 2 N–H and O–H groups in total. The molecule has 2 aromatic rings. The van der Waals surface area contributed by atoms with Gasteiger partial charge >= 0.3 is 0 Å². The Balaban J connectivity index is 1.85. The van der Waals surface area contributed by atoms with Crippen molar-refractivity contribution in [2.45, 2.75) is 11.4 Å². The molecule has 0 bridgehead atoms. The van der Waals surface area contributed by atoms with Crippen LogP contribution in [0.4, 0.5) is 5.69 Å². The summed E-state index contributed by atoms with van der Waals surface area (Å²) in [6, 6.07) is 16.1. The number of nitrogens with one attached hydrogen (secondary N) is 2. The van der Waals surface area contributed by atoms with Crippen LogP contribution < -0.4 is 10.2 Å². The van der Waals surface area contributed by atoms with Gasteiger partial charge in [0, 0.05) is 20.6 Å². The van der Waals surface area contributed by atoms with Crippen molar-refractivity contribution >= 4 is 39.3 Å². The Hall–Kier alpha value is -1.30. The third kappa shape index (κ3) is 5.48. The summed E-state index contributed by atoms with van der Waals surface area (Å²) in [7, 11) is 2.03. The lowest BCUT2D eigenvalue weighted by Gasteiger charge is -2.14. The number of anilines is 1. The number of likely N-dealkylation sites (N-methyl/N-ethyl adjacent to an activating group) is 1. The van der Waals surface area contributed by atoms with Crippen LogP contribution in [0.15, 0.2) is 57.9 Å². The first-order chi connectivity index (χ1) is 10.6. The summed E-state index contributed by atoms with van der Waals surface area (Å²) >= 11 is 5.14. The Labute approximate surface area is 144 Å². The van der Waals surface area contributed by atoms with E-state index in [1.54, 1.807) is 11.8 Å².